The number of hydrogen-bond donors (Lipinski definition) is 1. The van der Waals surface area contributed by atoms with Gasteiger partial charge in [0.15, 0.2) is 11.5 Å². The van der Waals surface area contributed by atoms with E-state index >= 15 is 0 Å². The van der Waals surface area contributed by atoms with Gasteiger partial charge in [0.2, 0.25) is 0 Å². The van der Waals surface area contributed by atoms with Gasteiger partial charge in [-0.15, -0.1) is 0 Å². The van der Waals surface area contributed by atoms with Crippen molar-refractivity contribution < 1.29 is 13.9 Å². The Morgan fingerprint density at radius 2 is 2.04 bits per heavy atom. The Kier molecular flexibility index (Phi) is 5.18. The fourth-order valence-corrected chi connectivity index (χ4v) is 2.93. The molecule has 0 radical (unpaired) electrons. The van der Waals surface area contributed by atoms with Gasteiger partial charge in [-0.25, -0.2) is 4.39 Å². The van der Waals surface area contributed by atoms with Crippen molar-refractivity contribution in [1.82, 2.24) is 5.32 Å². The average Bonchev–Trinajstić information content (AvgIpc) is 3.37. The zero-order valence-corrected chi connectivity index (χ0v) is 14.5. The molecule has 23 heavy (non-hydrogen) atoms. The van der Waals surface area contributed by atoms with E-state index in [0.29, 0.717) is 23.1 Å². The van der Waals surface area contributed by atoms with E-state index in [1.165, 1.54) is 18.9 Å². The Morgan fingerprint density at radius 1 is 1.26 bits per heavy atom. The Hall–Kier alpha value is -1.59. The Labute approximate surface area is 143 Å². The Morgan fingerprint density at radius 3 is 2.74 bits per heavy atom. The lowest BCUT2D eigenvalue weighted by atomic mass is 10.2. The third-order valence-electron chi connectivity index (χ3n) is 3.79. The molecule has 0 spiro atoms. The van der Waals surface area contributed by atoms with Crippen molar-refractivity contribution >= 4 is 15.9 Å². The fourth-order valence-electron chi connectivity index (χ4n) is 2.33. The molecule has 1 aliphatic rings. The number of nitrogens with one attached hydrogen (secondary N) is 1. The van der Waals surface area contributed by atoms with E-state index in [1.807, 2.05) is 12.1 Å². The van der Waals surface area contributed by atoms with E-state index in [0.717, 1.165) is 16.6 Å². The highest BCUT2D eigenvalue weighted by Crippen LogP contribution is 2.37. The van der Waals surface area contributed by atoms with Gasteiger partial charge in [0.1, 0.15) is 12.4 Å². The van der Waals surface area contributed by atoms with Crippen molar-refractivity contribution in [2.75, 3.05) is 7.11 Å². The van der Waals surface area contributed by atoms with Crippen LogP contribution in [-0.2, 0) is 13.2 Å². The number of benzene rings is 2. The molecule has 2 aromatic rings. The van der Waals surface area contributed by atoms with E-state index in [-0.39, 0.29) is 12.4 Å². The molecule has 3 rings (SSSR count). The van der Waals surface area contributed by atoms with Gasteiger partial charge >= 0.3 is 0 Å². The molecule has 0 aliphatic heterocycles. The molecule has 1 aliphatic carbocycles. The number of methoxy groups -OCH3 is 1. The quantitative estimate of drug-likeness (QED) is 0.771. The SMILES string of the molecule is COc1cc(CNC2CC2)cc(Br)c1OCc1ccccc1F. The second-order valence-corrected chi connectivity index (χ2v) is 6.50. The highest BCUT2D eigenvalue weighted by atomic mass is 79.9. The number of halogens is 2. The normalized spacial score (nSPS) is 13.9. The summed E-state index contributed by atoms with van der Waals surface area (Å²) in [4.78, 5) is 0. The summed E-state index contributed by atoms with van der Waals surface area (Å²) in [5.74, 6) is 0.960. The van der Waals surface area contributed by atoms with Crippen LogP contribution in [0.2, 0.25) is 0 Å². The maximum Gasteiger partial charge on any atom is 0.175 e. The first-order valence-electron chi connectivity index (χ1n) is 7.63. The van der Waals surface area contributed by atoms with Crippen LogP contribution in [0.1, 0.15) is 24.0 Å². The number of rotatable bonds is 7. The molecular weight excluding hydrogens is 361 g/mol. The summed E-state index contributed by atoms with van der Waals surface area (Å²) in [5.41, 5.74) is 1.64. The summed E-state index contributed by atoms with van der Waals surface area (Å²) in [7, 11) is 1.61. The molecule has 1 saturated carbocycles. The molecular formula is C18H19BrFNO2. The van der Waals surface area contributed by atoms with E-state index in [4.69, 9.17) is 9.47 Å². The van der Waals surface area contributed by atoms with Crippen molar-refractivity contribution in [3.05, 3.63) is 57.8 Å². The van der Waals surface area contributed by atoms with Crippen LogP contribution in [0.4, 0.5) is 4.39 Å². The third kappa shape index (κ3) is 4.24. The van der Waals surface area contributed by atoms with Crippen LogP contribution in [0.3, 0.4) is 0 Å². The molecule has 2 aromatic carbocycles. The summed E-state index contributed by atoms with van der Waals surface area (Å²) in [6, 6.07) is 11.2. The minimum Gasteiger partial charge on any atom is -0.493 e. The summed E-state index contributed by atoms with van der Waals surface area (Å²) in [5, 5.41) is 3.47. The summed E-state index contributed by atoms with van der Waals surface area (Å²) in [6.07, 6.45) is 2.50. The van der Waals surface area contributed by atoms with Gasteiger partial charge in [-0.3, -0.25) is 0 Å². The Bertz CT molecular complexity index is 689. The molecule has 5 heteroatoms. The van der Waals surface area contributed by atoms with Crippen LogP contribution in [0, 0.1) is 5.82 Å². The van der Waals surface area contributed by atoms with Crippen molar-refractivity contribution in [2.45, 2.75) is 32.0 Å². The van der Waals surface area contributed by atoms with Gasteiger partial charge in [0.05, 0.1) is 11.6 Å². The maximum atomic E-state index is 13.7. The molecule has 0 bridgehead atoms. The second kappa shape index (κ2) is 7.32. The van der Waals surface area contributed by atoms with Crippen LogP contribution >= 0.6 is 15.9 Å². The summed E-state index contributed by atoms with van der Waals surface area (Å²) >= 11 is 3.53. The first-order chi connectivity index (χ1) is 11.2. The van der Waals surface area contributed by atoms with Crippen LogP contribution in [0.15, 0.2) is 40.9 Å². The maximum absolute atomic E-state index is 13.7. The summed E-state index contributed by atoms with van der Waals surface area (Å²) in [6.45, 7) is 0.953. The van der Waals surface area contributed by atoms with Crippen LogP contribution in [0.25, 0.3) is 0 Å². The predicted molar refractivity (Wildman–Crippen MR) is 91.3 cm³/mol. The van der Waals surface area contributed by atoms with Crippen molar-refractivity contribution in [1.29, 1.82) is 0 Å². The lowest BCUT2D eigenvalue weighted by molar-refractivity contribution is 0.277. The van der Waals surface area contributed by atoms with Gasteiger partial charge in [-0.05, 0) is 52.5 Å². The molecule has 1 fully saturated rings. The van der Waals surface area contributed by atoms with Crippen molar-refractivity contribution in [3.8, 4) is 11.5 Å². The number of ether oxygens (including phenoxy) is 2. The molecule has 3 nitrogen and oxygen atoms in total. The molecule has 0 aromatic heterocycles. The summed E-state index contributed by atoms with van der Waals surface area (Å²) < 4.78 is 25.7. The topological polar surface area (TPSA) is 30.5 Å². The second-order valence-electron chi connectivity index (χ2n) is 5.64. The number of hydrogen-bond acceptors (Lipinski definition) is 3. The van der Waals surface area contributed by atoms with Gasteiger partial charge < -0.3 is 14.8 Å². The average molecular weight is 380 g/mol. The molecule has 0 heterocycles. The molecule has 122 valence electrons. The largest absolute Gasteiger partial charge is 0.493 e. The molecule has 0 unspecified atom stereocenters. The lowest BCUT2D eigenvalue weighted by Gasteiger charge is -2.15. The highest BCUT2D eigenvalue weighted by molar-refractivity contribution is 9.10. The fraction of sp³-hybridized carbons (Fsp3) is 0.333. The van der Waals surface area contributed by atoms with E-state index in [1.54, 1.807) is 25.3 Å². The molecule has 1 N–H and O–H groups in total. The van der Waals surface area contributed by atoms with Crippen molar-refractivity contribution in [2.24, 2.45) is 0 Å². The first kappa shape index (κ1) is 16.3. The van der Waals surface area contributed by atoms with E-state index in [9.17, 15) is 4.39 Å². The smallest absolute Gasteiger partial charge is 0.175 e. The van der Waals surface area contributed by atoms with Crippen molar-refractivity contribution in [3.63, 3.8) is 0 Å². The van der Waals surface area contributed by atoms with Gasteiger partial charge in [0.25, 0.3) is 0 Å². The zero-order valence-electron chi connectivity index (χ0n) is 12.9. The highest BCUT2D eigenvalue weighted by Gasteiger charge is 2.20. The lowest BCUT2D eigenvalue weighted by Crippen LogP contribution is -2.15. The van der Waals surface area contributed by atoms with Gasteiger partial charge in [0, 0.05) is 18.2 Å². The molecule has 0 amide bonds. The zero-order chi connectivity index (χ0) is 16.2. The van der Waals surface area contributed by atoms with E-state index < -0.39 is 0 Å². The van der Waals surface area contributed by atoms with Gasteiger partial charge in [-0.1, -0.05) is 18.2 Å². The van der Waals surface area contributed by atoms with Crippen LogP contribution in [0.5, 0.6) is 11.5 Å². The predicted octanol–water partition coefficient (Wildman–Crippen LogP) is 4.43. The van der Waals surface area contributed by atoms with E-state index in [2.05, 4.69) is 21.2 Å². The van der Waals surface area contributed by atoms with Crippen LogP contribution < -0.4 is 14.8 Å². The third-order valence-corrected chi connectivity index (χ3v) is 4.38. The monoisotopic (exact) mass is 379 g/mol. The van der Waals surface area contributed by atoms with Gasteiger partial charge in [-0.2, -0.15) is 0 Å². The minimum atomic E-state index is -0.271. The molecule has 0 atom stereocenters. The standard InChI is InChI=1S/C18H19BrFNO2/c1-22-17-9-12(10-21-14-6-7-14)8-15(19)18(17)23-11-13-4-2-3-5-16(13)20/h2-5,8-9,14,21H,6-7,10-11H2,1H3. The Balaban J connectivity index is 1.73. The molecule has 0 saturated heterocycles. The van der Waals surface area contributed by atoms with Crippen LogP contribution in [-0.4, -0.2) is 13.2 Å². The minimum absolute atomic E-state index is 0.154. The first-order valence-corrected chi connectivity index (χ1v) is 8.42.